The quantitative estimate of drug-likeness (QED) is 0.368. The van der Waals surface area contributed by atoms with Crippen molar-refractivity contribution in [2.24, 2.45) is 5.41 Å². The topological polar surface area (TPSA) is 106 Å². The second-order valence-electron chi connectivity index (χ2n) is 11.5. The van der Waals surface area contributed by atoms with Crippen LogP contribution in [0, 0.1) is 5.41 Å². The number of amides is 2. The molecule has 0 radical (unpaired) electrons. The highest BCUT2D eigenvalue weighted by Crippen LogP contribution is 2.40. The molecule has 9 nitrogen and oxygen atoms in total. The molecule has 2 heterocycles. The molecular formula is C32H40N2O7. The lowest BCUT2D eigenvalue weighted by Crippen LogP contribution is -2.45. The van der Waals surface area contributed by atoms with E-state index in [0.717, 1.165) is 42.6 Å². The Morgan fingerprint density at radius 2 is 1.80 bits per heavy atom. The fourth-order valence-corrected chi connectivity index (χ4v) is 6.35. The third-order valence-electron chi connectivity index (χ3n) is 8.85. The first-order valence-electron chi connectivity index (χ1n) is 14.7. The number of aliphatic carboxylic acids is 1. The molecule has 1 N–H and O–H groups in total. The number of likely N-dealkylation sites (tertiary alicyclic amines) is 1. The second-order valence-corrected chi connectivity index (χ2v) is 11.5. The number of carboxylic acids is 1. The highest BCUT2D eigenvalue weighted by Gasteiger charge is 2.42. The average molecular weight is 565 g/mol. The first-order valence-corrected chi connectivity index (χ1v) is 14.7. The predicted octanol–water partition coefficient (Wildman–Crippen LogP) is 4.76. The zero-order valence-electron chi connectivity index (χ0n) is 24.0. The van der Waals surface area contributed by atoms with Gasteiger partial charge in [0.25, 0.3) is 0 Å². The number of carbonyl (C=O) groups excluding carboxylic acids is 2. The van der Waals surface area contributed by atoms with Crippen LogP contribution in [0.25, 0.3) is 0 Å². The Morgan fingerprint density at radius 1 is 1.05 bits per heavy atom. The van der Waals surface area contributed by atoms with Crippen LogP contribution in [-0.4, -0.2) is 66.1 Å². The number of carboxylic acid groups (broad SMARTS) is 1. The summed E-state index contributed by atoms with van der Waals surface area (Å²) in [4.78, 5) is 39.9. The van der Waals surface area contributed by atoms with Gasteiger partial charge in [-0.15, -0.1) is 0 Å². The van der Waals surface area contributed by atoms with Crippen LogP contribution in [0.4, 0.5) is 0 Å². The van der Waals surface area contributed by atoms with Gasteiger partial charge in [0.05, 0.1) is 25.7 Å². The molecule has 2 amide bonds. The molecule has 0 bridgehead atoms. The summed E-state index contributed by atoms with van der Waals surface area (Å²) < 4.78 is 17.2. The van der Waals surface area contributed by atoms with Crippen molar-refractivity contribution in [1.82, 2.24) is 9.80 Å². The Balaban J connectivity index is 1.35. The van der Waals surface area contributed by atoms with Gasteiger partial charge < -0.3 is 19.3 Å². The Bertz CT molecular complexity index is 1270. The monoisotopic (exact) mass is 564 g/mol. The minimum atomic E-state index is -0.774. The summed E-state index contributed by atoms with van der Waals surface area (Å²) in [5.41, 5.74) is 2.54. The molecular weight excluding hydrogens is 524 g/mol. The number of hydrogen-bond donors (Lipinski definition) is 1. The van der Waals surface area contributed by atoms with Gasteiger partial charge in [0, 0.05) is 38.4 Å². The number of benzene rings is 2. The van der Waals surface area contributed by atoms with Crippen molar-refractivity contribution in [3.8, 4) is 17.2 Å². The molecule has 1 aliphatic carbocycles. The van der Waals surface area contributed by atoms with Crippen LogP contribution in [-0.2, 0) is 27.3 Å². The van der Waals surface area contributed by atoms with E-state index in [0.29, 0.717) is 44.0 Å². The van der Waals surface area contributed by atoms with Gasteiger partial charge in [-0.25, -0.2) is 0 Å². The van der Waals surface area contributed by atoms with E-state index in [-0.39, 0.29) is 43.8 Å². The Morgan fingerprint density at radius 3 is 2.51 bits per heavy atom. The van der Waals surface area contributed by atoms with E-state index in [9.17, 15) is 19.5 Å². The molecule has 2 aromatic carbocycles. The molecule has 0 aromatic heterocycles. The molecule has 220 valence electrons. The summed E-state index contributed by atoms with van der Waals surface area (Å²) in [5.74, 6) is 0.970. The first-order chi connectivity index (χ1) is 19.8. The summed E-state index contributed by atoms with van der Waals surface area (Å²) in [7, 11) is 1.58. The molecule has 3 aliphatic rings. The minimum Gasteiger partial charge on any atom is -0.493 e. The summed E-state index contributed by atoms with van der Waals surface area (Å²) >= 11 is 0. The van der Waals surface area contributed by atoms with Gasteiger partial charge in [-0.2, -0.15) is 0 Å². The van der Waals surface area contributed by atoms with Crippen LogP contribution in [0.5, 0.6) is 17.2 Å². The number of rotatable bonds is 12. The average Bonchev–Trinajstić information content (AvgIpc) is 3.58. The van der Waals surface area contributed by atoms with Crippen molar-refractivity contribution in [3.63, 3.8) is 0 Å². The SMILES string of the molecule is COc1cc(CN(CC2(C(=O)O)CCCCC2)C(C)c2ccc3c(c2)CCO3)ccc1OCCN1C(=O)CCC1=O. The molecule has 41 heavy (non-hydrogen) atoms. The lowest BCUT2D eigenvalue weighted by molar-refractivity contribution is -0.153. The highest BCUT2D eigenvalue weighted by atomic mass is 16.5. The molecule has 2 aromatic rings. The van der Waals surface area contributed by atoms with E-state index in [2.05, 4.69) is 24.0 Å². The maximum atomic E-state index is 12.6. The van der Waals surface area contributed by atoms with Gasteiger partial charge in [-0.05, 0) is 54.7 Å². The van der Waals surface area contributed by atoms with Crippen LogP contribution in [0.15, 0.2) is 36.4 Å². The van der Waals surface area contributed by atoms with Crippen LogP contribution >= 0.6 is 0 Å². The Kier molecular flexibility index (Phi) is 8.82. The summed E-state index contributed by atoms with van der Waals surface area (Å²) in [6.07, 6.45) is 5.70. The first kappa shape index (κ1) is 28.9. The van der Waals surface area contributed by atoms with E-state index in [4.69, 9.17) is 14.2 Å². The Labute approximate surface area is 241 Å². The molecule has 5 rings (SSSR count). The number of hydrogen-bond acceptors (Lipinski definition) is 7. The number of ether oxygens (including phenoxy) is 3. The molecule has 1 unspecified atom stereocenters. The standard InChI is InChI=1S/C32H40N2O7/c1-22(24-7-9-26-25(19-24)12-16-40-26)33(21-32(31(37)38)13-4-3-5-14-32)20-23-6-8-27(28(18-23)39-2)41-17-15-34-29(35)10-11-30(34)36/h6-9,18-19,22H,3-5,10-17,20-21H2,1-2H3,(H,37,38). The fraction of sp³-hybridized carbons (Fsp3) is 0.531. The molecule has 0 spiro atoms. The second kappa shape index (κ2) is 12.5. The van der Waals surface area contributed by atoms with Gasteiger partial charge in [-0.3, -0.25) is 24.2 Å². The normalized spacial score (nSPS) is 18.8. The van der Waals surface area contributed by atoms with E-state index < -0.39 is 11.4 Å². The van der Waals surface area contributed by atoms with Crippen molar-refractivity contribution in [3.05, 3.63) is 53.1 Å². The molecule has 1 atom stereocenters. The molecule has 2 fully saturated rings. The lowest BCUT2D eigenvalue weighted by Gasteiger charge is -2.40. The van der Waals surface area contributed by atoms with Gasteiger partial charge in [0.1, 0.15) is 12.4 Å². The highest BCUT2D eigenvalue weighted by molar-refractivity contribution is 6.01. The molecule has 1 saturated heterocycles. The summed E-state index contributed by atoms with van der Waals surface area (Å²) in [5, 5.41) is 10.4. The number of imide groups is 1. The van der Waals surface area contributed by atoms with Crippen molar-refractivity contribution in [2.45, 2.75) is 70.9 Å². The van der Waals surface area contributed by atoms with Gasteiger partial charge in [0.2, 0.25) is 11.8 Å². The van der Waals surface area contributed by atoms with E-state index >= 15 is 0 Å². The molecule has 2 aliphatic heterocycles. The smallest absolute Gasteiger partial charge is 0.310 e. The van der Waals surface area contributed by atoms with E-state index in [1.807, 2.05) is 24.3 Å². The van der Waals surface area contributed by atoms with Gasteiger partial charge in [-0.1, -0.05) is 37.5 Å². The summed E-state index contributed by atoms with van der Waals surface area (Å²) in [6.45, 7) is 4.21. The third kappa shape index (κ3) is 6.35. The van der Waals surface area contributed by atoms with Crippen LogP contribution in [0.1, 0.15) is 74.6 Å². The largest absolute Gasteiger partial charge is 0.493 e. The maximum absolute atomic E-state index is 12.6. The van der Waals surface area contributed by atoms with Crippen molar-refractivity contribution < 1.29 is 33.7 Å². The Hall–Kier alpha value is -3.59. The van der Waals surface area contributed by atoms with Crippen molar-refractivity contribution in [1.29, 1.82) is 0 Å². The van der Waals surface area contributed by atoms with Crippen LogP contribution in [0.3, 0.4) is 0 Å². The summed E-state index contributed by atoms with van der Waals surface area (Å²) in [6, 6.07) is 12.0. The third-order valence-corrected chi connectivity index (χ3v) is 8.85. The minimum absolute atomic E-state index is 0.0171. The lowest BCUT2D eigenvalue weighted by atomic mass is 9.73. The number of carbonyl (C=O) groups is 3. The predicted molar refractivity (Wildman–Crippen MR) is 152 cm³/mol. The number of nitrogens with zero attached hydrogens (tertiary/aromatic N) is 2. The number of fused-ring (bicyclic) bond motifs is 1. The zero-order valence-corrected chi connectivity index (χ0v) is 24.0. The fourth-order valence-electron chi connectivity index (χ4n) is 6.35. The van der Waals surface area contributed by atoms with Crippen LogP contribution in [0.2, 0.25) is 0 Å². The van der Waals surface area contributed by atoms with E-state index in [1.54, 1.807) is 7.11 Å². The van der Waals surface area contributed by atoms with Gasteiger partial charge >= 0.3 is 5.97 Å². The van der Waals surface area contributed by atoms with Crippen LogP contribution < -0.4 is 14.2 Å². The van der Waals surface area contributed by atoms with E-state index in [1.165, 1.54) is 10.5 Å². The van der Waals surface area contributed by atoms with Crippen molar-refractivity contribution >= 4 is 17.8 Å². The molecule has 1 saturated carbocycles. The zero-order chi connectivity index (χ0) is 29.0. The maximum Gasteiger partial charge on any atom is 0.310 e. The molecule has 9 heteroatoms. The van der Waals surface area contributed by atoms with Crippen molar-refractivity contribution in [2.75, 3.05) is 33.4 Å². The van der Waals surface area contributed by atoms with Gasteiger partial charge in [0.15, 0.2) is 11.5 Å². The number of methoxy groups -OCH3 is 1.